The number of hydrogen-bond acceptors (Lipinski definition) is 16. The Balaban J connectivity index is 6.62. The Hall–Kier alpha value is -4.42. The number of Topliss-reactive ketones (excluding diaryl/α,β-unsaturated/α-hetero) is 1. The average molecular weight is 1510 g/mol. The molecule has 105 heavy (non-hydrogen) atoms. The van der Waals surface area contributed by atoms with Crippen molar-refractivity contribution < 1.29 is 58.1 Å². The standard InChI is InChI=1S/C82H158N10O12S/c1-4-7-10-13-16-19-22-25-28-31-34-37-40-51-68(94)62-67(64-104-76(96)57-42-39-36-33-30-27-24-21-18-15-12-9-6-3)65-105-66-74(87-75(95)56-41-38-35-32-29-26-23-20-17-14-11-8-5-2)81(101)92-73(63-93)80(100)90-70(53-44-48-59-84)78(98)88-69(52-43-47-58-83)77(97)89-71(54-45-49-60-85)79(99)91-72(82(102)103)55-46-50-61-86/h67,69-74,93H,4-66,83-86H2,1-3H3,(H,87,95)(H,88,98)(H,89,97)(H,90,100)(H,91,99)(H,92,101)(H,102,103)/t67-,69+,70+,71+,72+,73+,74+/m1/s1. The Labute approximate surface area is 641 Å². The Morgan fingerprint density at radius 1 is 0.324 bits per heavy atom. The molecule has 0 aliphatic carbocycles. The second kappa shape index (κ2) is 73.7. The Kier molecular flexibility index (Phi) is 70.6. The van der Waals surface area contributed by atoms with Gasteiger partial charge in [-0.1, -0.05) is 252 Å². The predicted octanol–water partition coefficient (Wildman–Crippen LogP) is 13.8. The lowest BCUT2D eigenvalue weighted by Crippen LogP contribution is -2.60. The summed E-state index contributed by atoms with van der Waals surface area (Å²) in [5.74, 6) is -5.71. The van der Waals surface area contributed by atoms with Crippen LogP contribution in [0.25, 0.3) is 0 Å². The van der Waals surface area contributed by atoms with Crippen molar-refractivity contribution in [1.29, 1.82) is 0 Å². The van der Waals surface area contributed by atoms with Crippen molar-refractivity contribution in [3.8, 4) is 0 Å². The molecule has 0 aliphatic heterocycles. The van der Waals surface area contributed by atoms with Crippen LogP contribution in [0.15, 0.2) is 0 Å². The Bertz CT molecular complexity index is 2170. The van der Waals surface area contributed by atoms with Gasteiger partial charge in [-0.05, 0) is 128 Å². The van der Waals surface area contributed by atoms with Crippen LogP contribution in [0.1, 0.15) is 374 Å². The van der Waals surface area contributed by atoms with Gasteiger partial charge in [0.15, 0.2) is 0 Å². The number of nitrogens with two attached hydrogens (primary N) is 4. The number of aliphatic carboxylic acids is 1. The highest BCUT2D eigenvalue weighted by molar-refractivity contribution is 7.99. The summed E-state index contributed by atoms with van der Waals surface area (Å²) in [6, 6.07) is -7.75. The number of aliphatic hydroxyl groups excluding tert-OH is 1. The van der Waals surface area contributed by atoms with Crippen LogP contribution in [-0.2, 0) is 47.9 Å². The summed E-state index contributed by atoms with van der Waals surface area (Å²) < 4.78 is 5.89. The molecule has 0 saturated heterocycles. The lowest BCUT2D eigenvalue weighted by atomic mass is 10.00. The Morgan fingerprint density at radius 3 is 0.943 bits per heavy atom. The third kappa shape index (κ3) is 60.1. The third-order valence-electron chi connectivity index (χ3n) is 20.0. The van der Waals surface area contributed by atoms with Gasteiger partial charge in [0.25, 0.3) is 0 Å². The van der Waals surface area contributed by atoms with Gasteiger partial charge >= 0.3 is 11.9 Å². The number of carboxylic acid groups (broad SMARTS) is 1. The maximum atomic E-state index is 14.6. The number of carbonyl (C=O) groups is 9. The van der Waals surface area contributed by atoms with Crippen molar-refractivity contribution in [2.45, 2.75) is 410 Å². The lowest BCUT2D eigenvalue weighted by Gasteiger charge is -2.27. The summed E-state index contributed by atoms with van der Waals surface area (Å²) in [4.78, 5) is 124. The number of amides is 6. The average Bonchev–Trinajstić information content (AvgIpc) is 0.868. The van der Waals surface area contributed by atoms with E-state index in [1.165, 1.54) is 179 Å². The molecule has 0 unspecified atom stereocenters. The van der Waals surface area contributed by atoms with E-state index >= 15 is 0 Å². The van der Waals surface area contributed by atoms with E-state index in [2.05, 4.69) is 52.7 Å². The SMILES string of the molecule is CCCCCCCCCCCCCCCC(=O)C[C@H](COC(=O)CCCCCCCCCCCCCCC)CSC[C@H](NC(=O)CCCCCCCCCCCCCCC)C(=O)N[C@@H](CO)C(=O)N[C@@H](CCCCN)C(=O)N[C@@H](CCCCN)C(=O)N[C@@H](CCCCN)C(=O)N[C@@H](CCCCN)C(=O)O. The van der Waals surface area contributed by atoms with E-state index in [0.29, 0.717) is 89.6 Å². The van der Waals surface area contributed by atoms with Gasteiger partial charge in [0.05, 0.1) is 13.2 Å². The van der Waals surface area contributed by atoms with Gasteiger partial charge in [-0.2, -0.15) is 11.8 Å². The maximum Gasteiger partial charge on any atom is 0.326 e. The van der Waals surface area contributed by atoms with Crippen molar-refractivity contribution in [2.24, 2.45) is 28.9 Å². The van der Waals surface area contributed by atoms with E-state index in [1.54, 1.807) is 0 Å². The molecule has 0 spiro atoms. The van der Waals surface area contributed by atoms with Gasteiger partial charge in [-0.3, -0.25) is 38.4 Å². The number of carboxylic acids is 1. The maximum absolute atomic E-state index is 14.6. The largest absolute Gasteiger partial charge is 0.480 e. The quantitative estimate of drug-likeness (QED) is 0.0199. The predicted molar refractivity (Wildman–Crippen MR) is 430 cm³/mol. The van der Waals surface area contributed by atoms with Crippen LogP contribution in [0.3, 0.4) is 0 Å². The van der Waals surface area contributed by atoms with Crippen LogP contribution in [-0.4, -0.2) is 151 Å². The number of esters is 1. The summed E-state index contributed by atoms with van der Waals surface area (Å²) in [6.45, 7) is 7.09. The Morgan fingerprint density at radius 2 is 0.610 bits per heavy atom. The molecule has 0 heterocycles. The molecule has 23 heteroatoms. The van der Waals surface area contributed by atoms with Gasteiger partial charge in [-0.25, -0.2) is 4.79 Å². The zero-order chi connectivity index (χ0) is 77.4. The fourth-order valence-corrected chi connectivity index (χ4v) is 14.3. The summed E-state index contributed by atoms with van der Waals surface area (Å²) in [5.41, 5.74) is 23.1. The van der Waals surface area contributed by atoms with Gasteiger partial charge < -0.3 is 69.8 Å². The summed E-state index contributed by atoms with van der Waals surface area (Å²) in [7, 11) is 0. The minimum absolute atomic E-state index is 0.0224. The third-order valence-corrected chi connectivity index (χ3v) is 21.2. The second-order valence-electron chi connectivity index (χ2n) is 29.9. The van der Waals surface area contributed by atoms with Crippen LogP contribution < -0.4 is 54.8 Å². The molecule has 0 aromatic heterocycles. The fourth-order valence-electron chi connectivity index (χ4n) is 13.2. The molecule has 0 aromatic rings. The summed E-state index contributed by atoms with van der Waals surface area (Å²) >= 11 is 1.33. The number of unbranched alkanes of at least 4 members (excludes halogenated alkanes) is 40. The zero-order valence-electron chi connectivity index (χ0n) is 66.8. The molecule has 0 fully saturated rings. The molecule has 16 N–H and O–H groups in total. The first-order chi connectivity index (χ1) is 51.0. The van der Waals surface area contributed by atoms with Crippen molar-refractivity contribution in [1.82, 2.24) is 31.9 Å². The molecule has 614 valence electrons. The molecule has 7 atom stereocenters. The van der Waals surface area contributed by atoms with Crippen molar-refractivity contribution in [2.75, 3.05) is 50.9 Å². The number of rotatable bonds is 79. The monoisotopic (exact) mass is 1510 g/mol. The molecular weight excluding hydrogens is 1350 g/mol. The molecule has 0 saturated carbocycles. The van der Waals surface area contributed by atoms with E-state index in [-0.39, 0.29) is 87.4 Å². The smallest absolute Gasteiger partial charge is 0.326 e. The van der Waals surface area contributed by atoms with E-state index in [9.17, 15) is 53.4 Å². The van der Waals surface area contributed by atoms with Gasteiger partial charge in [-0.15, -0.1) is 0 Å². The molecule has 0 radical (unpaired) electrons. The van der Waals surface area contributed by atoms with E-state index in [1.807, 2.05) is 0 Å². The topological polar surface area (TPSA) is 380 Å². The molecule has 0 aliphatic rings. The molecule has 22 nitrogen and oxygen atoms in total. The second-order valence-corrected chi connectivity index (χ2v) is 31.0. The first-order valence-corrected chi connectivity index (χ1v) is 43.9. The van der Waals surface area contributed by atoms with Gasteiger partial charge in [0.2, 0.25) is 35.4 Å². The first kappa shape index (κ1) is 101. The van der Waals surface area contributed by atoms with Crippen molar-refractivity contribution in [3.63, 3.8) is 0 Å². The molecule has 0 rings (SSSR count). The number of thioether (sulfide) groups is 1. The van der Waals surface area contributed by atoms with Crippen LogP contribution in [0.5, 0.6) is 0 Å². The van der Waals surface area contributed by atoms with Crippen LogP contribution in [0.4, 0.5) is 0 Å². The highest BCUT2D eigenvalue weighted by atomic mass is 32.2. The minimum atomic E-state index is -1.60. The zero-order valence-corrected chi connectivity index (χ0v) is 67.6. The highest BCUT2D eigenvalue weighted by Gasteiger charge is 2.34. The van der Waals surface area contributed by atoms with Crippen LogP contribution >= 0.6 is 11.8 Å². The van der Waals surface area contributed by atoms with Crippen molar-refractivity contribution in [3.05, 3.63) is 0 Å². The number of hydrogen-bond donors (Lipinski definition) is 12. The lowest BCUT2D eigenvalue weighted by molar-refractivity contribution is -0.145. The van der Waals surface area contributed by atoms with Gasteiger partial charge in [0.1, 0.15) is 42.0 Å². The summed E-state index contributed by atoms with van der Waals surface area (Å²) in [6.07, 6.45) is 50.9. The summed E-state index contributed by atoms with van der Waals surface area (Å²) in [5, 5.41) is 37.0. The number of carbonyl (C=O) groups excluding carboxylic acids is 8. The normalized spacial score (nSPS) is 13.4. The van der Waals surface area contributed by atoms with Gasteiger partial charge in [0, 0.05) is 37.4 Å². The number of aliphatic hydroxyl groups is 1. The molecule has 6 amide bonds. The van der Waals surface area contributed by atoms with E-state index in [4.69, 9.17) is 27.7 Å². The number of nitrogens with one attached hydrogen (secondary N) is 6. The minimum Gasteiger partial charge on any atom is -0.480 e. The molecule has 0 aromatic carbocycles. The van der Waals surface area contributed by atoms with Crippen LogP contribution in [0.2, 0.25) is 0 Å². The number of ketones is 1. The fraction of sp³-hybridized carbons (Fsp3) is 0.890. The highest BCUT2D eigenvalue weighted by Crippen LogP contribution is 2.21. The number of ether oxygens (including phenoxy) is 1. The molecular formula is C82H158N10O12S. The van der Waals surface area contributed by atoms with E-state index < -0.39 is 78.4 Å². The van der Waals surface area contributed by atoms with E-state index in [0.717, 1.165) is 77.0 Å². The first-order valence-electron chi connectivity index (χ1n) is 42.8. The molecule has 0 bridgehead atoms. The van der Waals surface area contributed by atoms with Crippen molar-refractivity contribution >= 4 is 64.9 Å². The van der Waals surface area contributed by atoms with Crippen LogP contribution in [0, 0.1) is 5.92 Å².